The molecule has 0 aliphatic carbocycles. The van der Waals surface area contributed by atoms with Crippen LogP contribution in [0.2, 0.25) is 5.02 Å². The Labute approximate surface area is 160 Å². The fraction of sp³-hybridized carbons (Fsp3) is 0.105. The van der Waals surface area contributed by atoms with Crippen LogP contribution in [-0.4, -0.2) is 22.4 Å². The number of ether oxygens (including phenoxy) is 1. The van der Waals surface area contributed by atoms with Gasteiger partial charge in [-0.15, -0.1) is 11.8 Å². The third kappa shape index (κ3) is 4.74. The Morgan fingerprint density at radius 1 is 1.23 bits per heavy atom. The van der Waals surface area contributed by atoms with Crippen molar-refractivity contribution >= 4 is 35.4 Å². The molecule has 0 radical (unpaired) electrons. The van der Waals surface area contributed by atoms with Crippen molar-refractivity contribution in [1.82, 2.24) is 10.1 Å². The third-order valence-electron chi connectivity index (χ3n) is 3.45. The summed E-state index contributed by atoms with van der Waals surface area (Å²) in [7, 11) is 0. The molecule has 0 aliphatic heterocycles. The topological polar surface area (TPSA) is 65.2 Å². The first-order valence-electron chi connectivity index (χ1n) is 7.72. The van der Waals surface area contributed by atoms with E-state index in [0.717, 1.165) is 10.5 Å². The molecule has 0 spiro atoms. The molecule has 1 heterocycles. The molecule has 1 aromatic heterocycles. The van der Waals surface area contributed by atoms with Gasteiger partial charge < -0.3 is 9.26 Å². The predicted molar refractivity (Wildman–Crippen MR) is 102 cm³/mol. The van der Waals surface area contributed by atoms with Gasteiger partial charge >= 0.3 is 5.97 Å². The summed E-state index contributed by atoms with van der Waals surface area (Å²) < 4.78 is 10.2. The summed E-state index contributed by atoms with van der Waals surface area (Å²) in [5.41, 5.74) is 1.57. The Morgan fingerprint density at radius 3 is 2.73 bits per heavy atom. The second kappa shape index (κ2) is 8.69. The van der Waals surface area contributed by atoms with Crippen LogP contribution in [0.1, 0.15) is 11.5 Å². The van der Waals surface area contributed by atoms with Gasteiger partial charge in [-0.1, -0.05) is 41.0 Å². The normalized spacial score (nSPS) is 11.0. The lowest BCUT2D eigenvalue weighted by atomic mass is 10.2. The van der Waals surface area contributed by atoms with E-state index in [-0.39, 0.29) is 12.5 Å². The SMILES string of the molecule is CSc1ccc(/C=C/C(=O)OCc2nc(-c3ccccc3Cl)no2)cc1. The molecule has 7 heteroatoms. The second-order valence-electron chi connectivity index (χ2n) is 5.21. The van der Waals surface area contributed by atoms with Gasteiger partial charge in [-0.25, -0.2) is 4.79 Å². The van der Waals surface area contributed by atoms with Gasteiger partial charge in [-0.2, -0.15) is 4.98 Å². The molecule has 2 aromatic carbocycles. The van der Waals surface area contributed by atoms with Crippen molar-refractivity contribution in [3.8, 4) is 11.4 Å². The van der Waals surface area contributed by atoms with E-state index < -0.39 is 5.97 Å². The molecule has 0 amide bonds. The molecule has 132 valence electrons. The molecule has 0 unspecified atom stereocenters. The highest BCUT2D eigenvalue weighted by Crippen LogP contribution is 2.24. The van der Waals surface area contributed by atoms with Crippen LogP contribution in [0.5, 0.6) is 0 Å². The van der Waals surface area contributed by atoms with Gasteiger partial charge in [-0.05, 0) is 42.2 Å². The molecule has 0 saturated carbocycles. The summed E-state index contributed by atoms with van der Waals surface area (Å²) in [5, 5.41) is 4.37. The number of thioether (sulfide) groups is 1. The van der Waals surface area contributed by atoms with Gasteiger partial charge in [0.15, 0.2) is 6.61 Å². The van der Waals surface area contributed by atoms with Crippen molar-refractivity contribution in [3.63, 3.8) is 0 Å². The quantitative estimate of drug-likeness (QED) is 0.342. The molecule has 26 heavy (non-hydrogen) atoms. The van der Waals surface area contributed by atoms with Crippen molar-refractivity contribution < 1.29 is 14.1 Å². The van der Waals surface area contributed by atoms with E-state index in [4.69, 9.17) is 20.9 Å². The predicted octanol–water partition coefficient (Wildman–Crippen LogP) is 4.87. The number of esters is 1. The summed E-state index contributed by atoms with van der Waals surface area (Å²) >= 11 is 7.76. The van der Waals surface area contributed by atoms with Gasteiger partial charge in [-0.3, -0.25) is 0 Å². The van der Waals surface area contributed by atoms with E-state index in [0.29, 0.717) is 16.4 Å². The number of carbonyl (C=O) groups is 1. The van der Waals surface area contributed by atoms with Gasteiger partial charge in [0.25, 0.3) is 5.89 Å². The van der Waals surface area contributed by atoms with Gasteiger partial charge in [0.05, 0.1) is 5.02 Å². The molecular weight excluding hydrogens is 372 g/mol. The van der Waals surface area contributed by atoms with Crippen LogP contribution in [-0.2, 0) is 16.1 Å². The average Bonchev–Trinajstić information content (AvgIpc) is 3.14. The summed E-state index contributed by atoms with van der Waals surface area (Å²) in [6, 6.07) is 15.0. The van der Waals surface area contributed by atoms with Gasteiger partial charge in [0, 0.05) is 16.5 Å². The summed E-state index contributed by atoms with van der Waals surface area (Å²) in [4.78, 5) is 17.2. The minimum absolute atomic E-state index is 0.105. The maximum Gasteiger partial charge on any atom is 0.331 e. The smallest absolute Gasteiger partial charge is 0.331 e. The highest BCUT2D eigenvalue weighted by Gasteiger charge is 2.12. The highest BCUT2D eigenvalue weighted by molar-refractivity contribution is 7.98. The Balaban J connectivity index is 1.56. The Kier molecular flexibility index (Phi) is 6.09. The molecule has 3 rings (SSSR count). The van der Waals surface area contributed by atoms with Crippen LogP contribution in [0.25, 0.3) is 17.5 Å². The number of benzene rings is 2. The molecule has 0 bridgehead atoms. The minimum atomic E-state index is -0.489. The van der Waals surface area contributed by atoms with Crippen LogP contribution < -0.4 is 0 Å². The molecule has 0 aliphatic rings. The molecule has 0 atom stereocenters. The maximum atomic E-state index is 11.8. The molecule has 5 nitrogen and oxygen atoms in total. The lowest BCUT2D eigenvalue weighted by molar-refractivity contribution is -0.139. The number of hydrogen-bond donors (Lipinski definition) is 0. The first-order chi connectivity index (χ1) is 12.7. The van der Waals surface area contributed by atoms with Crippen LogP contribution in [0.4, 0.5) is 0 Å². The highest BCUT2D eigenvalue weighted by atomic mass is 35.5. The van der Waals surface area contributed by atoms with E-state index in [1.54, 1.807) is 30.0 Å². The monoisotopic (exact) mass is 386 g/mol. The van der Waals surface area contributed by atoms with E-state index in [1.165, 1.54) is 6.08 Å². The van der Waals surface area contributed by atoms with E-state index in [9.17, 15) is 4.79 Å². The van der Waals surface area contributed by atoms with Gasteiger partial charge in [0.1, 0.15) is 0 Å². The van der Waals surface area contributed by atoms with Crippen LogP contribution in [0.15, 0.2) is 64.0 Å². The third-order valence-corrected chi connectivity index (χ3v) is 4.52. The van der Waals surface area contributed by atoms with Crippen molar-refractivity contribution in [1.29, 1.82) is 0 Å². The largest absolute Gasteiger partial charge is 0.452 e. The molecule has 0 saturated heterocycles. The standard InChI is InChI=1S/C19H15ClN2O3S/c1-26-14-9-6-13(7-10-14)8-11-18(23)24-12-17-21-19(22-25-17)15-4-2-3-5-16(15)20/h2-11H,12H2,1H3/b11-8+. The second-order valence-corrected chi connectivity index (χ2v) is 6.49. The van der Waals surface area contributed by atoms with Crippen LogP contribution >= 0.6 is 23.4 Å². The summed E-state index contributed by atoms with van der Waals surface area (Å²) in [5.74, 6) is 0.0634. The fourth-order valence-electron chi connectivity index (χ4n) is 2.13. The summed E-state index contributed by atoms with van der Waals surface area (Å²) in [6.45, 7) is -0.105. The molecule has 0 fully saturated rings. The zero-order valence-corrected chi connectivity index (χ0v) is 15.5. The molecule has 0 N–H and O–H groups in total. The van der Waals surface area contributed by atoms with Gasteiger partial charge in [0.2, 0.25) is 5.82 Å². The number of hydrogen-bond acceptors (Lipinski definition) is 6. The number of nitrogens with zero attached hydrogens (tertiary/aromatic N) is 2. The van der Waals surface area contributed by atoms with Crippen molar-refractivity contribution in [2.75, 3.05) is 6.26 Å². The number of halogens is 1. The maximum absolute atomic E-state index is 11.8. The summed E-state index contributed by atoms with van der Waals surface area (Å²) in [6.07, 6.45) is 5.06. The minimum Gasteiger partial charge on any atom is -0.452 e. The Bertz CT molecular complexity index is 923. The zero-order valence-electron chi connectivity index (χ0n) is 13.9. The first kappa shape index (κ1) is 18.2. The number of carbonyl (C=O) groups excluding carboxylic acids is 1. The molecular formula is C19H15ClN2O3S. The lowest BCUT2D eigenvalue weighted by Crippen LogP contribution is -2.01. The number of aromatic nitrogens is 2. The first-order valence-corrected chi connectivity index (χ1v) is 9.32. The zero-order chi connectivity index (χ0) is 18.4. The fourth-order valence-corrected chi connectivity index (χ4v) is 2.75. The Morgan fingerprint density at radius 2 is 2.00 bits per heavy atom. The average molecular weight is 387 g/mol. The van der Waals surface area contributed by atoms with Crippen molar-refractivity contribution in [3.05, 3.63) is 71.1 Å². The van der Waals surface area contributed by atoms with Crippen LogP contribution in [0.3, 0.4) is 0 Å². The van der Waals surface area contributed by atoms with Crippen molar-refractivity contribution in [2.24, 2.45) is 0 Å². The van der Waals surface area contributed by atoms with Crippen LogP contribution in [0, 0.1) is 0 Å². The van der Waals surface area contributed by atoms with E-state index in [2.05, 4.69) is 10.1 Å². The van der Waals surface area contributed by atoms with E-state index in [1.807, 2.05) is 42.7 Å². The lowest BCUT2D eigenvalue weighted by Gasteiger charge is -1.98. The number of rotatable bonds is 6. The van der Waals surface area contributed by atoms with E-state index >= 15 is 0 Å². The molecule has 3 aromatic rings. The Hall–Kier alpha value is -2.57. The van der Waals surface area contributed by atoms with Crippen molar-refractivity contribution in [2.45, 2.75) is 11.5 Å².